The van der Waals surface area contributed by atoms with Crippen LogP contribution in [0.5, 0.6) is 0 Å². The normalized spacial score (nSPS) is 13.7. The Balaban J connectivity index is 2.08. The summed E-state index contributed by atoms with van der Waals surface area (Å²) in [6.45, 7) is 9.43. The van der Waals surface area contributed by atoms with E-state index in [9.17, 15) is 15.6 Å². The van der Waals surface area contributed by atoms with E-state index in [4.69, 9.17) is 0 Å². The molecule has 2 heterocycles. The molecule has 0 aliphatic rings. The van der Waals surface area contributed by atoms with E-state index in [1.54, 1.807) is 30.7 Å². The van der Waals surface area contributed by atoms with E-state index in [0.717, 1.165) is 16.7 Å². The highest BCUT2D eigenvalue weighted by Gasteiger charge is 2.45. The average molecular weight is 412 g/mol. The number of hydrogen-bond acceptors (Lipinski definition) is 6. The molecule has 2 aromatic heterocycles. The first-order valence-corrected chi connectivity index (χ1v) is 9.95. The second kappa shape index (κ2) is 7.91. The molecule has 0 fully saturated rings. The largest absolute Gasteiger partial charge is 0.378 e. The van der Waals surface area contributed by atoms with Gasteiger partial charge in [-0.15, -0.1) is 0 Å². The van der Waals surface area contributed by atoms with Gasteiger partial charge in [-0.3, -0.25) is 4.98 Å². The number of nitrogens with zero attached hydrogens (tertiary/aromatic N) is 5. The molecule has 6 heteroatoms. The third-order valence-corrected chi connectivity index (χ3v) is 5.65. The Kier molecular flexibility index (Phi) is 5.63. The van der Waals surface area contributed by atoms with Gasteiger partial charge in [0.1, 0.15) is 11.9 Å². The standard InChI is InChI=1S/C25H25N5O/c1-23(2,3)25(31,20-13-28-16-29-14-20)22-9-6-17(12-30-22)21-8-7-19(10-18(21)11-26)24(4,5)15-27/h6-10,12-14,16,31H,1-5H3. The van der Waals surface area contributed by atoms with Gasteiger partial charge in [-0.1, -0.05) is 39.0 Å². The topological polar surface area (TPSA) is 106 Å². The van der Waals surface area contributed by atoms with Crippen LogP contribution in [0.25, 0.3) is 11.1 Å². The summed E-state index contributed by atoms with van der Waals surface area (Å²) in [5.74, 6) is 0. The van der Waals surface area contributed by atoms with Crippen LogP contribution in [0.15, 0.2) is 55.2 Å². The zero-order valence-electron chi connectivity index (χ0n) is 18.4. The molecule has 3 aromatic rings. The second-order valence-corrected chi connectivity index (χ2v) is 9.13. The summed E-state index contributed by atoms with van der Waals surface area (Å²) in [5.41, 5.74) is 1.10. The molecule has 0 aliphatic carbocycles. The van der Waals surface area contributed by atoms with E-state index in [1.807, 2.05) is 52.8 Å². The molecule has 0 bridgehead atoms. The SMILES string of the molecule is CC(C)(C#N)c1ccc(-c2ccc(C(O)(c3cncnc3)C(C)(C)C)nc2)c(C#N)c1. The van der Waals surface area contributed by atoms with Crippen LogP contribution in [0.1, 0.15) is 57.0 Å². The highest BCUT2D eigenvalue weighted by atomic mass is 16.3. The molecule has 0 saturated heterocycles. The Hall–Kier alpha value is -3.61. The lowest BCUT2D eigenvalue weighted by Gasteiger charge is -2.39. The minimum Gasteiger partial charge on any atom is -0.378 e. The molecular formula is C25H25N5O. The number of nitriles is 2. The highest BCUT2D eigenvalue weighted by molar-refractivity contribution is 5.71. The molecule has 1 unspecified atom stereocenters. The number of hydrogen-bond donors (Lipinski definition) is 1. The van der Waals surface area contributed by atoms with E-state index in [1.165, 1.54) is 6.33 Å². The molecule has 0 amide bonds. The van der Waals surface area contributed by atoms with E-state index in [2.05, 4.69) is 27.1 Å². The molecule has 0 radical (unpaired) electrons. The molecule has 1 atom stereocenters. The van der Waals surface area contributed by atoms with Crippen LogP contribution in [0.2, 0.25) is 0 Å². The Bertz CT molecular complexity index is 1170. The maximum absolute atomic E-state index is 11.7. The van der Waals surface area contributed by atoms with E-state index < -0.39 is 16.4 Å². The molecular weight excluding hydrogens is 386 g/mol. The summed E-state index contributed by atoms with van der Waals surface area (Å²) in [6.07, 6.45) is 6.26. The fourth-order valence-corrected chi connectivity index (χ4v) is 3.56. The van der Waals surface area contributed by atoms with Crippen LogP contribution in [-0.2, 0) is 11.0 Å². The predicted molar refractivity (Wildman–Crippen MR) is 118 cm³/mol. The third kappa shape index (κ3) is 3.91. The Morgan fingerprint density at radius 3 is 2.06 bits per heavy atom. The summed E-state index contributed by atoms with van der Waals surface area (Å²) in [7, 11) is 0. The van der Waals surface area contributed by atoms with Gasteiger partial charge < -0.3 is 5.11 Å². The molecule has 0 aliphatic heterocycles. The molecule has 0 spiro atoms. The van der Waals surface area contributed by atoms with Crippen LogP contribution in [0.3, 0.4) is 0 Å². The lowest BCUT2D eigenvalue weighted by atomic mass is 9.70. The zero-order chi connectivity index (χ0) is 22.9. The smallest absolute Gasteiger partial charge is 0.139 e. The Morgan fingerprint density at radius 2 is 1.55 bits per heavy atom. The number of aliphatic hydroxyl groups is 1. The van der Waals surface area contributed by atoms with Gasteiger partial charge >= 0.3 is 0 Å². The Labute approximate surface area is 182 Å². The van der Waals surface area contributed by atoms with Gasteiger partial charge in [-0.05, 0) is 31.5 Å². The van der Waals surface area contributed by atoms with Crippen LogP contribution >= 0.6 is 0 Å². The third-order valence-electron chi connectivity index (χ3n) is 5.65. The van der Waals surface area contributed by atoms with Crippen LogP contribution in [0.4, 0.5) is 0 Å². The van der Waals surface area contributed by atoms with Crippen LogP contribution in [0, 0.1) is 28.1 Å². The fourth-order valence-electron chi connectivity index (χ4n) is 3.56. The van der Waals surface area contributed by atoms with Gasteiger partial charge in [0.25, 0.3) is 0 Å². The van der Waals surface area contributed by atoms with Crippen molar-refractivity contribution in [3.05, 3.63) is 77.6 Å². The first-order chi connectivity index (χ1) is 14.5. The van der Waals surface area contributed by atoms with Crippen molar-refractivity contribution in [3.8, 4) is 23.3 Å². The van der Waals surface area contributed by atoms with Crippen molar-refractivity contribution in [2.75, 3.05) is 0 Å². The van der Waals surface area contributed by atoms with Gasteiger partial charge in [0, 0.05) is 40.7 Å². The lowest BCUT2D eigenvalue weighted by Crippen LogP contribution is -2.42. The van der Waals surface area contributed by atoms with Crippen molar-refractivity contribution in [1.82, 2.24) is 15.0 Å². The summed E-state index contributed by atoms with van der Waals surface area (Å²) in [5, 5.41) is 30.7. The maximum Gasteiger partial charge on any atom is 0.139 e. The minimum absolute atomic E-state index is 0.470. The number of pyridine rings is 1. The van der Waals surface area contributed by atoms with Gasteiger partial charge in [-0.2, -0.15) is 10.5 Å². The molecule has 1 N–H and O–H groups in total. The zero-order valence-corrected chi connectivity index (χ0v) is 18.4. The average Bonchev–Trinajstić information content (AvgIpc) is 2.78. The first-order valence-electron chi connectivity index (χ1n) is 9.95. The fraction of sp³-hybridized carbons (Fsp3) is 0.320. The summed E-state index contributed by atoms with van der Waals surface area (Å²) < 4.78 is 0. The van der Waals surface area contributed by atoms with Gasteiger partial charge in [0.15, 0.2) is 0 Å². The van der Waals surface area contributed by atoms with Crippen molar-refractivity contribution in [2.45, 2.75) is 45.6 Å². The Morgan fingerprint density at radius 1 is 0.871 bits per heavy atom. The van der Waals surface area contributed by atoms with E-state index in [-0.39, 0.29) is 0 Å². The summed E-state index contributed by atoms with van der Waals surface area (Å²) in [4.78, 5) is 12.7. The van der Waals surface area contributed by atoms with Crippen molar-refractivity contribution in [1.29, 1.82) is 10.5 Å². The molecule has 3 rings (SSSR count). The minimum atomic E-state index is -1.40. The van der Waals surface area contributed by atoms with Gasteiger partial charge in [0.05, 0.1) is 28.8 Å². The number of rotatable bonds is 4. The van der Waals surface area contributed by atoms with E-state index in [0.29, 0.717) is 16.8 Å². The van der Waals surface area contributed by atoms with Gasteiger partial charge in [0.2, 0.25) is 0 Å². The van der Waals surface area contributed by atoms with Gasteiger partial charge in [-0.25, -0.2) is 9.97 Å². The quantitative estimate of drug-likeness (QED) is 0.678. The molecule has 156 valence electrons. The van der Waals surface area contributed by atoms with Crippen molar-refractivity contribution in [3.63, 3.8) is 0 Å². The number of benzene rings is 1. The van der Waals surface area contributed by atoms with Crippen LogP contribution in [-0.4, -0.2) is 20.1 Å². The van der Waals surface area contributed by atoms with E-state index >= 15 is 0 Å². The van der Waals surface area contributed by atoms with Crippen molar-refractivity contribution >= 4 is 0 Å². The van der Waals surface area contributed by atoms with Crippen LogP contribution < -0.4 is 0 Å². The monoisotopic (exact) mass is 411 g/mol. The number of aromatic nitrogens is 3. The molecule has 1 aromatic carbocycles. The predicted octanol–water partition coefficient (Wildman–Crippen LogP) is 4.49. The highest BCUT2D eigenvalue weighted by Crippen LogP contribution is 2.43. The molecule has 0 saturated carbocycles. The summed E-state index contributed by atoms with van der Waals surface area (Å²) >= 11 is 0. The van der Waals surface area contributed by atoms with Crippen molar-refractivity contribution in [2.24, 2.45) is 5.41 Å². The maximum atomic E-state index is 11.7. The molecule has 31 heavy (non-hydrogen) atoms. The lowest BCUT2D eigenvalue weighted by molar-refractivity contribution is -0.0301. The first kappa shape index (κ1) is 22.1. The summed E-state index contributed by atoms with van der Waals surface area (Å²) in [6, 6.07) is 13.5. The molecule has 6 nitrogen and oxygen atoms in total. The second-order valence-electron chi connectivity index (χ2n) is 9.13. The van der Waals surface area contributed by atoms with Crippen molar-refractivity contribution < 1.29 is 5.11 Å².